The number of amides is 1. The Morgan fingerprint density at radius 2 is 2.15 bits per heavy atom. The molecule has 1 amide bonds. The zero-order valence-corrected chi connectivity index (χ0v) is 15.8. The molecule has 1 spiro atoms. The molecule has 0 aromatic carbocycles. The molecule has 0 saturated carbocycles. The van der Waals surface area contributed by atoms with E-state index in [1.165, 1.54) is 0 Å². The van der Waals surface area contributed by atoms with Crippen LogP contribution in [0.3, 0.4) is 0 Å². The number of likely N-dealkylation sites (tertiary alicyclic amines) is 2. The van der Waals surface area contributed by atoms with Gasteiger partial charge in [0.1, 0.15) is 0 Å². The molecule has 0 bridgehead atoms. The quantitative estimate of drug-likeness (QED) is 0.811. The molecule has 0 unspecified atom stereocenters. The first kappa shape index (κ1) is 18.2. The minimum absolute atomic E-state index is 0.00565. The van der Waals surface area contributed by atoms with Crippen molar-refractivity contribution in [2.75, 3.05) is 39.9 Å². The predicted molar refractivity (Wildman–Crippen MR) is 101 cm³/mol. The summed E-state index contributed by atoms with van der Waals surface area (Å²) in [7, 11) is 1.75. The highest BCUT2D eigenvalue weighted by molar-refractivity contribution is 5.91. The number of carbonyl (C=O) groups is 1. The Morgan fingerprint density at radius 1 is 1.30 bits per heavy atom. The van der Waals surface area contributed by atoms with Crippen LogP contribution in [0.5, 0.6) is 0 Å². The van der Waals surface area contributed by atoms with Gasteiger partial charge in [-0.25, -0.2) is 0 Å². The van der Waals surface area contributed by atoms with E-state index in [4.69, 9.17) is 9.15 Å². The van der Waals surface area contributed by atoms with Crippen molar-refractivity contribution in [1.82, 2.24) is 14.8 Å². The van der Waals surface area contributed by atoms with Crippen LogP contribution < -0.4 is 0 Å². The number of aromatic nitrogens is 1. The Bertz CT molecular complexity index is 739. The summed E-state index contributed by atoms with van der Waals surface area (Å²) >= 11 is 0. The second kappa shape index (κ2) is 7.82. The van der Waals surface area contributed by atoms with Crippen molar-refractivity contribution in [3.05, 3.63) is 54.2 Å². The van der Waals surface area contributed by atoms with E-state index >= 15 is 0 Å². The fourth-order valence-electron chi connectivity index (χ4n) is 4.62. The lowest BCUT2D eigenvalue weighted by Crippen LogP contribution is -2.45. The van der Waals surface area contributed by atoms with Crippen molar-refractivity contribution in [3.8, 4) is 0 Å². The van der Waals surface area contributed by atoms with Gasteiger partial charge in [0.05, 0.1) is 18.6 Å². The molecule has 2 aliphatic heterocycles. The average Bonchev–Trinajstić information content (AvgIpc) is 3.34. The number of methoxy groups -OCH3 is 1. The highest BCUT2D eigenvalue weighted by atomic mass is 16.5. The van der Waals surface area contributed by atoms with Gasteiger partial charge in [0, 0.05) is 38.9 Å². The van der Waals surface area contributed by atoms with Crippen LogP contribution in [0.1, 0.15) is 29.1 Å². The lowest BCUT2D eigenvalue weighted by molar-refractivity contribution is 0.0344. The number of piperidine rings is 1. The van der Waals surface area contributed by atoms with Crippen LogP contribution in [-0.4, -0.2) is 60.6 Å². The van der Waals surface area contributed by atoms with Gasteiger partial charge in [0.2, 0.25) is 0 Å². The first-order chi connectivity index (χ1) is 13.2. The summed E-state index contributed by atoms with van der Waals surface area (Å²) in [6.07, 6.45) is 5.57. The average molecular weight is 369 g/mol. The van der Waals surface area contributed by atoms with Crippen LogP contribution in [0.2, 0.25) is 0 Å². The third kappa shape index (κ3) is 3.77. The molecule has 144 valence electrons. The zero-order valence-electron chi connectivity index (χ0n) is 15.8. The Morgan fingerprint density at radius 3 is 2.81 bits per heavy atom. The van der Waals surface area contributed by atoms with E-state index in [9.17, 15) is 4.79 Å². The smallest absolute Gasteiger partial charge is 0.289 e. The predicted octanol–water partition coefficient (Wildman–Crippen LogP) is 2.68. The van der Waals surface area contributed by atoms with Gasteiger partial charge in [-0.2, -0.15) is 0 Å². The first-order valence-electron chi connectivity index (χ1n) is 9.64. The summed E-state index contributed by atoms with van der Waals surface area (Å²) in [5.41, 5.74) is 1.25. The molecule has 6 heteroatoms. The fraction of sp³-hybridized carbons (Fsp3) is 0.524. The van der Waals surface area contributed by atoms with Gasteiger partial charge in [-0.15, -0.1) is 0 Å². The Hall–Kier alpha value is -2.18. The maximum atomic E-state index is 12.8. The minimum atomic E-state index is -0.00565. The number of rotatable bonds is 5. The molecule has 0 aliphatic carbocycles. The van der Waals surface area contributed by atoms with Crippen LogP contribution in [-0.2, 0) is 11.3 Å². The molecular formula is C21H27N3O3. The van der Waals surface area contributed by atoms with Gasteiger partial charge in [0.15, 0.2) is 5.76 Å². The van der Waals surface area contributed by atoms with Gasteiger partial charge >= 0.3 is 0 Å². The van der Waals surface area contributed by atoms with Crippen LogP contribution in [0.15, 0.2) is 47.2 Å². The molecule has 0 N–H and O–H groups in total. The van der Waals surface area contributed by atoms with Crippen LogP contribution in [0.4, 0.5) is 0 Å². The van der Waals surface area contributed by atoms with Gasteiger partial charge < -0.3 is 14.1 Å². The normalized spacial score (nSPS) is 22.4. The third-order valence-electron chi connectivity index (χ3n) is 6.16. The van der Waals surface area contributed by atoms with E-state index < -0.39 is 0 Å². The van der Waals surface area contributed by atoms with Gasteiger partial charge in [-0.3, -0.25) is 14.7 Å². The fourth-order valence-corrected chi connectivity index (χ4v) is 4.62. The van der Waals surface area contributed by atoms with Gasteiger partial charge in [0.25, 0.3) is 5.91 Å². The van der Waals surface area contributed by atoms with Gasteiger partial charge in [-0.1, -0.05) is 6.07 Å². The molecule has 2 fully saturated rings. The molecule has 2 aromatic heterocycles. The van der Waals surface area contributed by atoms with Crippen molar-refractivity contribution >= 4 is 5.91 Å². The molecule has 4 heterocycles. The lowest BCUT2D eigenvalue weighted by Gasteiger charge is -2.42. The number of carbonyl (C=O) groups excluding carboxylic acids is 1. The van der Waals surface area contributed by atoms with E-state index in [-0.39, 0.29) is 11.3 Å². The summed E-state index contributed by atoms with van der Waals surface area (Å²) in [6, 6.07) is 9.58. The first-order valence-corrected chi connectivity index (χ1v) is 9.64. The minimum Gasteiger partial charge on any atom is -0.459 e. The Kier molecular flexibility index (Phi) is 5.27. The van der Waals surface area contributed by atoms with Crippen molar-refractivity contribution in [3.63, 3.8) is 0 Å². The van der Waals surface area contributed by atoms with Crippen LogP contribution in [0, 0.1) is 11.3 Å². The van der Waals surface area contributed by atoms with Crippen LogP contribution in [0.25, 0.3) is 0 Å². The van der Waals surface area contributed by atoms with Crippen molar-refractivity contribution in [2.24, 2.45) is 11.3 Å². The van der Waals surface area contributed by atoms with E-state index in [1.807, 2.05) is 23.2 Å². The molecule has 2 aromatic rings. The molecule has 4 rings (SSSR count). The van der Waals surface area contributed by atoms with E-state index in [0.29, 0.717) is 18.3 Å². The highest BCUT2D eigenvalue weighted by Crippen LogP contribution is 2.45. The van der Waals surface area contributed by atoms with Gasteiger partial charge in [-0.05, 0) is 55.6 Å². The summed E-state index contributed by atoms with van der Waals surface area (Å²) < 4.78 is 10.8. The summed E-state index contributed by atoms with van der Waals surface area (Å²) in [5.74, 6) is 0.795. The van der Waals surface area contributed by atoms with Crippen molar-refractivity contribution < 1.29 is 13.9 Å². The monoisotopic (exact) mass is 369 g/mol. The van der Waals surface area contributed by atoms with E-state index in [2.05, 4.69) is 16.0 Å². The highest BCUT2D eigenvalue weighted by Gasteiger charge is 2.49. The van der Waals surface area contributed by atoms with Crippen molar-refractivity contribution in [2.45, 2.75) is 19.4 Å². The molecule has 2 aliphatic rings. The number of furan rings is 1. The number of ether oxygens (including phenoxy) is 1. The maximum absolute atomic E-state index is 12.8. The Balaban J connectivity index is 1.42. The second-order valence-electron chi connectivity index (χ2n) is 7.77. The third-order valence-corrected chi connectivity index (χ3v) is 6.16. The molecule has 6 nitrogen and oxygen atoms in total. The summed E-state index contributed by atoms with van der Waals surface area (Å²) in [6.45, 7) is 5.17. The standard InChI is InChI=1S/C21H27N3O3/c1-26-15-17-13-24(20(25)19-6-4-12-27-19)16-21(17)7-10-23(11-8-21)14-18-5-2-3-9-22-18/h2-6,9,12,17H,7-8,10-11,13-16H2,1H3/t17-/m1/s1. The molecule has 0 radical (unpaired) electrons. The molecular weight excluding hydrogens is 342 g/mol. The summed E-state index contributed by atoms with van der Waals surface area (Å²) in [4.78, 5) is 21.6. The molecule has 2 saturated heterocycles. The summed E-state index contributed by atoms with van der Waals surface area (Å²) in [5, 5.41) is 0. The molecule has 1 atom stereocenters. The van der Waals surface area contributed by atoms with Crippen LogP contribution >= 0.6 is 0 Å². The topological polar surface area (TPSA) is 58.8 Å². The largest absolute Gasteiger partial charge is 0.459 e. The SMILES string of the molecule is COC[C@H]1CN(C(=O)c2ccco2)CC12CCN(Cc1ccccn1)CC2. The van der Waals surface area contributed by atoms with E-state index in [1.54, 1.807) is 25.5 Å². The number of pyridine rings is 1. The van der Waals surface area contributed by atoms with Crippen molar-refractivity contribution in [1.29, 1.82) is 0 Å². The zero-order chi connectivity index (χ0) is 18.7. The lowest BCUT2D eigenvalue weighted by atomic mass is 9.71. The maximum Gasteiger partial charge on any atom is 0.289 e. The number of hydrogen-bond donors (Lipinski definition) is 0. The van der Waals surface area contributed by atoms with E-state index in [0.717, 1.165) is 51.3 Å². The number of nitrogens with zero attached hydrogens (tertiary/aromatic N) is 3. The second-order valence-corrected chi connectivity index (χ2v) is 7.77. The Labute approximate surface area is 160 Å². The molecule has 27 heavy (non-hydrogen) atoms. The number of hydrogen-bond acceptors (Lipinski definition) is 5.